The molecule has 0 heterocycles. The molecule has 1 atom stereocenters. The van der Waals surface area contributed by atoms with E-state index in [1.165, 1.54) is 6.07 Å². The highest BCUT2D eigenvalue weighted by molar-refractivity contribution is 5.73. The minimum Gasteiger partial charge on any atom is -0.466 e. The number of nitrogens with two attached hydrogens (primary N) is 1. The van der Waals surface area contributed by atoms with Gasteiger partial charge in [0, 0.05) is 11.6 Å². The Morgan fingerprint density at radius 3 is 2.30 bits per heavy atom. The van der Waals surface area contributed by atoms with Crippen LogP contribution in [0.1, 0.15) is 41.6 Å². The zero-order valence-corrected chi connectivity index (χ0v) is 15.3. The largest absolute Gasteiger partial charge is 0.466 e. The zero-order chi connectivity index (χ0) is 20.4. The van der Waals surface area contributed by atoms with Crippen molar-refractivity contribution in [3.8, 4) is 11.1 Å². The summed E-state index contributed by atoms with van der Waals surface area (Å²) < 4.78 is 59.6. The van der Waals surface area contributed by atoms with Gasteiger partial charge in [0.25, 0.3) is 0 Å². The van der Waals surface area contributed by atoms with E-state index in [0.717, 1.165) is 17.2 Å². The standard InChI is InChI=1S/C20H21F4NO2/c1-4-27-17(26)10-16(25)14-8-13(9-15(19(14)21)20(22,23)24)18-11(2)6-5-7-12(18)3/h5-9,16H,4,10,25H2,1-3H3/t16-/m1/s1. The van der Waals surface area contributed by atoms with Crippen LogP contribution in [-0.2, 0) is 15.7 Å². The normalized spacial score (nSPS) is 12.7. The Labute approximate surface area is 155 Å². The molecular weight excluding hydrogens is 362 g/mol. The molecule has 0 aliphatic rings. The van der Waals surface area contributed by atoms with E-state index < -0.39 is 36.0 Å². The number of alkyl halides is 3. The molecule has 27 heavy (non-hydrogen) atoms. The van der Waals surface area contributed by atoms with Crippen molar-refractivity contribution in [1.82, 2.24) is 0 Å². The van der Waals surface area contributed by atoms with Crippen LogP contribution in [0.3, 0.4) is 0 Å². The summed E-state index contributed by atoms with van der Waals surface area (Å²) in [5.41, 5.74) is 6.36. The molecule has 3 nitrogen and oxygen atoms in total. The monoisotopic (exact) mass is 383 g/mol. The van der Waals surface area contributed by atoms with Crippen LogP contribution >= 0.6 is 0 Å². The van der Waals surface area contributed by atoms with Crippen LogP contribution in [0.5, 0.6) is 0 Å². The first-order chi connectivity index (χ1) is 12.6. The topological polar surface area (TPSA) is 52.3 Å². The van der Waals surface area contributed by atoms with E-state index in [1.54, 1.807) is 39.0 Å². The average molecular weight is 383 g/mol. The maximum absolute atomic E-state index is 14.6. The lowest BCUT2D eigenvalue weighted by molar-refractivity contribution is -0.143. The molecule has 2 N–H and O–H groups in total. The van der Waals surface area contributed by atoms with Crippen LogP contribution in [0, 0.1) is 19.7 Å². The predicted octanol–water partition coefficient (Wildman–Crippen LogP) is 5.08. The quantitative estimate of drug-likeness (QED) is 0.579. The Bertz CT molecular complexity index is 826. The van der Waals surface area contributed by atoms with Crippen LogP contribution in [0.2, 0.25) is 0 Å². The highest BCUT2D eigenvalue weighted by Gasteiger charge is 2.37. The number of rotatable bonds is 5. The van der Waals surface area contributed by atoms with Crippen LogP contribution in [0.25, 0.3) is 11.1 Å². The van der Waals surface area contributed by atoms with Gasteiger partial charge in [0.2, 0.25) is 0 Å². The molecule has 7 heteroatoms. The lowest BCUT2D eigenvalue weighted by Gasteiger charge is -2.19. The molecule has 0 fully saturated rings. The van der Waals surface area contributed by atoms with Crippen LogP contribution in [-0.4, -0.2) is 12.6 Å². The molecule has 2 aromatic rings. The molecule has 0 bridgehead atoms. The van der Waals surface area contributed by atoms with Gasteiger partial charge in [-0.3, -0.25) is 4.79 Å². The van der Waals surface area contributed by atoms with Crippen molar-refractivity contribution in [3.05, 3.63) is 58.4 Å². The number of aryl methyl sites for hydroxylation is 2. The van der Waals surface area contributed by atoms with E-state index in [1.807, 2.05) is 0 Å². The van der Waals surface area contributed by atoms with Gasteiger partial charge in [-0.2, -0.15) is 13.2 Å². The van der Waals surface area contributed by atoms with Crippen molar-refractivity contribution in [3.63, 3.8) is 0 Å². The average Bonchev–Trinajstić information content (AvgIpc) is 2.54. The van der Waals surface area contributed by atoms with Crippen LogP contribution in [0.4, 0.5) is 17.6 Å². The first kappa shape index (κ1) is 20.9. The van der Waals surface area contributed by atoms with Gasteiger partial charge in [0.15, 0.2) is 0 Å². The number of carbonyl (C=O) groups is 1. The smallest absolute Gasteiger partial charge is 0.419 e. The van der Waals surface area contributed by atoms with Crippen LogP contribution in [0.15, 0.2) is 30.3 Å². The Morgan fingerprint density at radius 1 is 1.19 bits per heavy atom. The van der Waals surface area contributed by atoms with Crippen molar-refractivity contribution >= 4 is 5.97 Å². The molecule has 146 valence electrons. The lowest BCUT2D eigenvalue weighted by atomic mass is 9.90. The number of hydrogen-bond donors (Lipinski definition) is 1. The summed E-state index contributed by atoms with van der Waals surface area (Å²) in [7, 11) is 0. The number of hydrogen-bond acceptors (Lipinski definition) is 3. The summed E-state index contributed by atoms with van der Waals surface area (Å²) in [6, 6.07) is 6.12. The van der Waals surface area contributed by atoms with Gasteiger partial charge in [-0.15, -0.1) is 0 Å². The number of benzene rings is 2. The highest BCUT2D eigenvalue weighted by Crippen LogP contribution is 2.39. The first-order valence-electron chi connectivity index (χ1n) is 8.44. The maximum atomic E-state index is 14.6. The van der Waals surface area contributed by atoms with E-state index in [0.29, 0.717) is 5.56 Å². The number of halogens is 4. The van der Waals surface area contributed by atoms with E-state index >= 15 is 0 Å². The molecule has 0 radical (unpaired) electrons. The van der Waals surface area contributed by atoms with Crippen LogP contribution < -0.4 is 5.73 Å². The molecule has 0 aliphatic heterocycles. The van der Waals surface area contributed by atoms with Gasteiger partial charge in [0.05, 0.1) is 18.6 Å². The molecule has 0 aliphatic carbocycles. The SMILES string of the molecule is CCOC(=O)C[C@@H](N)c1cc(-c2c(C)cccc2C)cc(C(F)(F)F)c1F. The summed E-state index contributed by atoms with van der Waals surface area (Å²) >= 11 is 0. The van der Waals surface area contributed by atoms with Gasteiger partial charge in [-0.1, -0.05) is 18.2 Å². The fraction of sp³-hybridized carbons (Fsp3) is 0.350. The number of esters is 1. The summed E-state index contributed by atoms with van der Waals surface area (Å²) in [5.74, 6) is -2.16. The third-order valence-corrected chi connectivity index (χ3v) is 4.27. The number of carbonyl (C=O) groups excluding carboxylic acids is 1. The fourth-order valence-corrected chi connectivity index (χ4v) is 3.05. The molecule has 2 rings (SSSR count). The van der Waals surface area contributed by atoms with E-state index in [9.17, 15) is 22.4 Å². The molecule has 0 unspecified atom stereocenters. The van der Waals surface area contributed by atoms with E-state index in [2.05, 4.69) is 0 Å². The molecular formula is C20H21F4NO2. The predicted molar refractivity (Wildman–Crippen MR) is 94.5 cm³/mol. The van der Waals surface area contributed by atoms with Gasteiger partial charge in [-0.25, -0.2) is 4.39 Å². The number of ether oxygens (including phenoxy) is 1. The Morgan fingerprint density at radius 2 is 1.78 bits per heavy atom. The fourth-order valence-electron chi connectivity index (χ4n) is 3.05. The van der Waals surface area contributed by atoms with Gasteiger partial charge in [0.1, 0.15) is 5.82 Å². The third kappa shape index (κ3) is 4.66. The minimum atomic E-state index is -4.89. The highest BCUT2D eigenvalue weighted by atomic mass is 19.4. The zero-order valence-electron chi connectivity index (χ0n) is 15.3. The van der Waals surface area contributed by atoms with E-state index in [-0.39, 0.29) is 17.7 Å². The van der Waals surface area contributed by atoms with Crippen molar-refractivity contribution in [2.45, 2.75) is 39.4 Å². The minimum absolute atomic E-state index is 0.101. The molecule has 0 saturated carbocycles. The van der Waals surface area contributed by atoms with Crippen molar-refractivity contribution in [2.75, 3.05) is 6.61 Å². The Kier molecular flexibility index (Phi) is 6.26. The lowest BCUT2D eigenvalue weighted by Crippen LogP contribution is -2.20. The summed E-state index contributed by atoms with van der Waals surface area (Å²) in [5, 5.41) is 0. The molecule has 0 saturated heterocycles. The van der Waals surface area contributed by atoms with E-state index in [4.69, 9.17) is 10.5 Å². The molecule has 0 aromatic heterocycles. The summed E-state index contributed by atoms with van der Waals surface area (Å²) in [6.45, 7) is 5.21. The van der Waals surface area contributed by atoms with Gasteiger partial charge in [-0.05, 0) is 55.2 Å². The van der Waals surface area contributed by atoms with Gasteiger partial charge >= 0.3 is 12.1 Å². The molecule has 2 aromatic carbocycles. The molecule has 0 spiro atoms. The van der Waals surface area contributed by atoms with Crippen molar-refractivity contribution in [1.29, 1.82) is 0 Å². The second kappa shape index (κ2) is 8.08. The second-order valence-electron chi connectivity index (χ2n) is 6.31. The third-order valence-electron chi connectivity index (χ3n) is 4.27. The Hall–Kier alpha value is -2.41. The summed E-state index contributed by atoms with van der Waals surface area (Å²) in [4.78, 5) is 11.6. The molecule has 0 amide bonds. The summed E-state index contributed by atoms with van der Waals surface area (Å²) in [6.07, 6.45) is -5.31. The van der Waals surface area contributed by atoms with Crippen molar-refractivity contribution < 1.29 is 27.1 Å². The van der Waals surface area contributed by atoms with Crippen molar-refractivity contribution in [2.24, 2.45) is 5.73 Å². The first-order valence-corrected chi connectivity index (χ1v) is 8.44. The second-order valence-corrected chi connectivity index (χ2v) is 6.31. The Balaban J connectivity index is 2.65. The van der Waals surface area contributed by atoms with Gasteiger partial charge < -0.3 is 10.5 Å². The maximum Gasteiger partial charge on any atom is 0.419 e.